The molecule has 28 heavy (non-hydrogen) atoms. The van der Waals surface area contributed by atoms with E-state index in [1.807, 2.05) is 30.3 Å². The molecule has 8 heteroatoms. The van der Waals surface area contributed by atoms with Crippen LogP contribution in [0.2, 0.25) is 0 Å². The molecule has 0 unspecified atom stereocenters. The Labute approximate surface area is 170 Å². The van der Waals surface area contributed by atoms with Gasteiger partial charge in [-0.2, -0.15) is 5.01 Å². The third kappa shape index (κ3) is 3.64. The van der Waals surface area contributed by atoms with Gasteiger partial charge in [0.25, 0.3) is 11.8 Å². The molecule has 2 amide bonds. The maximum absolute atomic E-state index is 12.7. The zero-order valence-corrected chi connectivity index (χ0v) is 16.0. The van der Waals surface area contributed by atoms with E-state index in [2.05, 4.69) is 5.43 Å². The van der Waals surface area contributed by atoms with Gasteiger partial charge in [0.05, 0.1) is 4.91 Å². The second-order valence-electron chi connectivity index (χ2n) is 6.05. The maximum Gasteiger partial charge on any atom is 0.285 e. The van der Waals surface area contributed by atoms with Crippen molar-refractivity contribution in [1.82, 2.24) is 10.4 Å². The highest BCUT2D eigenvalue weighted by Crippen LogP contribution is 2.33. The minimum Gasteiger partial charge on any atom is -0.508 e. The Morgan fingerprint density at radius 2 is 2.07 bits per heavy atom. The molecule has 2 aromatic rings. The Bertz CT molecular complexity index is 1060. The number of hydrogen-bond acceptors (Lipinski definition) is 6. The quantitative estimate of drug-likeness (QED) is 0.597. The minimum absolute atomic E-state index is 0.0394. The van der Waals surface area contributed by atoms with Crippen LogP contribution in [0.1, 0.15) is 15.9 Å². The monoisotopic (exact) mass is 410 g/mol. The molecular formula is C20H14N2O4S2. The zero-order chi connectivity index (χ0) is 19.7. The molecule has 0 bridgehead atoms. The molecule has 1 saturated heterocycles. The highest BCUT2D eigenvalue weighted by atomic mass is 32.2. The van der Waals surface area contributed by atoms with E-state index in [0.29, 0.717) is 11.5 Å². The fourth-order valence-electron chi connectivity index (χ4n) is 2.76. The summed E-state index contributed by atoms with van der Waals surface area (Å²) in [5, 5.41) is 10.5. The van der Waals surface area contributed by atoms with Gasteiger partial charge in [0.2, 0.25) is 0 Å². The van der Waals surface area contributed by atoms with Crippen molar-refractivity contribution in [2.75, 3.05) is 6.61 Å². The van der Waals surface area contributed by atoms with Crippen LogP contribution in [0.25, 0.3) is 6.08 Å². The first-order chi connectivity index (χ1) is 13.5. The number of rotatable bonds is 3. The number of thioether (sulfide) groups is 1. The van der Waals surface area contributed by atoms with Crippen LogP contribution in [0.3, 0.4) is 0 Å². The Morgan fingerprint density at radius 1 is 1.25 bits per heavy atom. The summed E-state index contributed by atoms with van der Waals surface area (Å²) in [5.41, 5.74) is 4.47. The molecule has 0 radical (unpaired) electrons. The van der Waals surface area contributed by atoms with Crippen LogP contribution < -0.4 is 10.2 Å². The first-order valence-corrected chi connectivity index (χ1v) is 9.54. The molecule has 1 fully saturated rings. The van der Waals surface area contributed by atoms with Gasteiger partial charge in [-0.25, -0.2) is 0 Å². The second kappa shape index (κ2) is 7.49. The van der Waals surface area contributed by atoms with E-state index < -0.39 is 11.8 Å². The molecule has 0 atom stereocenters. The Balaban J connectivity index is 1.52. The third-order valence-electron chi connectivity index (χ3n) is 4.09. The number of phenolic OH excluding ortho intramolecular Hbond substituents is 1. The highest BCUT2D eigenvalue weighted by molar-refractivity contribution is 8.26. The van der Waals surface area contributed by atoms with E-state index in [-0.39, 0.29) is 15.6 Å². The van der Waals surface area contributed by atoms with Gasteiger partial charge < -0.3 is 9.84 Å². The molecule has 2 heterocycles. The number of nitrogens with zero attached hydrogens (tertiary/aromatic N) is 1. The summed E-state index contributed by atoms with van der Waals surface area (Å²) in [6.07, 6.45) is 3.67. The molecule has 0 spiro atoms. The number of amides is 2. The summed E-state index contributed by atoms with van der Waals surface area (Å²) in [6, 6.07) is 13.5. The van der Waals surface area contributed by atoms with E-state index in [4.69, 9.17) is 17.0 Å². The number of hydrogen-bond donors (Lipinski definition) is 2. The van der Waals surface area contributed by atoms with Crippen molar-refractivity contribution in [1.29, 1.82) is 0 Å². The Hall–Kier alpha value is -3.10. The number of benzene rings is 2. The smallest absolute Gasteiger partial charge is 0.285 e. The van der Waals surface area contributed by atoms with E-state index in [9.17, 15) is 14.7 Å². The number of phenols is 1. The number of fused-ring (bicyclic) bond motifs is 1. The standard InChI is InChI=1S/C20H14N2O4S2/c23-15-6-3-5-14(10-15)18(24)21-22-19(25)17(28-20(22)27)9-12-8-13-4-1-2-7-16(13)26-11-12/h1-10,23H,11H2,(H,21,24)/b17-9-. The summed E-state index contributed by atoms with van der Waals surface area (Å²) < 4.78 is 5.92. The van der Waals surface area contributed by atoms with Crippen molar-refractivity contribution in [2.45, 2.75) is 0 Å². The number of carbonyl (C=O) groups is 2. The largest absolute Gasteiger partial charge is 0.508 e. The van der Waals surface area contributed by atoms with Gasteiger partial charge >= 0.3 is 0 Å². The lowest BCUT2D eigenvalue weighted by Crippen LogP contribution is -2.44. The lowest BCUT2D eigenvalue weighted by Gasteiger charge is -2.16. The number of para-hydroxylation sites is 1. The minimum atomic E-state index is -0.539. The number of carbonyl (C=O) groups excluding carboxylic acids is 2. The van der Waals surface area contributed by atoms with Crippen LogP contribution in [-0.4, -0.2) is 32.9 Å². The van der Waals surface area contributed by atoms with Gasteiger partial charge in [0.15, 0.2) is 4.32 Å². The van der Waals surface area contributed by atoms with Gasteiger partial charge in [-0.15, -0.1) is 0 Å². The SMILES string of the molecule is O=C(NN1C(=O)/C(=C/C2=Cc3ccccc3OC2)SC1=S)c1cccc(O)c1. The summed E-state index contributed by atoms with van der Waals surface area (Å²) in [4.78, 5) is 25.4. The zero-order valence-electron chi connectivity index (χ0n) is 14.4. The van der Waals surface area contributed by atoms with Crippen LogP contribution in [0, 0.1) is 0 Å². The van der Waals surface area contributed by atoms with E-state index in [0.717, 1.165) is 33.7 Å². The normalized spacial score (nSPS) is 17.2. The Kier molecular flexibility index (Phi) is 4.89. The van der Waals surface area contributed by atoms with Crippen LogP contribution in [0.15, 0.2) is 65.1 Å². The van der Waals surface area contributed by atoms with Crippen molar-refractivity contribution in [3.63, 3.8) is 0 Å². The summed E-state index contributed by atoms with van der Waals surface area (Å²) >= 11 is 6.34. The summed E-state index contributed by atoms with van der Waals surface area (Å²) in [7, 11) is 0. The summed E-state index contributed by atoms with van der Waals surface area (Å²) in [6.45, 7) is 0.344. The predicted octanol–water partition coefficient (Wildman–Crippen LogP) is 3.26. The molecule has 0 aromatic heterocycles. The molecule has 6 nitrogen and oxygen atoms in total. The van der Waals surface area contributed by atoms with Gasteiger partial charge in [0, 0.05) is 11.1 Å². The number of ether oxygens (including phenoxy) is 1. The topological polar surface area (TPSA) is 78.9 Å². The molecule has 2 N–H and O–H groups in total. The third-order valence-corrected chi connectivity index (χ3v) is 5.39. The van der Waals surface area contributed by atoms with Gasteiger partial charge in [-0.1, -0.05) is 36.0 Å². The van der Waals surface area contributed by atoms with E-state index in [1.165, 1.54) is 18.2 Å². The molecule has 0 saturated carbocycles. The van der Waals surface area contributed by atoms with Crippen molar-refractivity contribution < 1.29 is 19.4 Å². The number of nitrogens with one attached hydrogen (secondary N) is 1. The van der Waals surface area contributed by atoms with E-state index in [1.54, 1.807) is 12.1 Å². The van der Waals surface area contributed by atoms with Gasteiger partial charge in [-0.3, -0.25) is 15.0 Å². The van der Waals surface area contributed by atoms with Crippen molar-refractivity contribution in [3.05, 3.63) is 76.2 Å². The molecule has 0 aliphatic carbocycles. The Morgan fingerprint density at radius 3 is 2.89 bits per heavy atom. The van der Waals surface area contributed by atoms with E-state index >= 15 is 0 Å². The molecule has 2 aliphatic heterocycles. The fraction of sp³-hybridized carbons (Fsp3) is 0.0500. The van der Waals surface area contributed by atoms with Crippen LogP contribution in [-0.2, 0) is 4.79 Å². The number of hydrazine groups is 1. The second-order valence-corrected chi connectivity index (χ2v) is 7.73. The molecule has 4 rings (SSSR count). The van der Waals surface area contributed by atoms with Crippen molar-refractivity contribution in [2.24, 2.45) is 0 Å². The van der Waals surface area contributed by atoms with Gasteiger partial charge in [-0.05, 0) is 54.2 Å². The average molecular weight is 410 g/mol. The maximum atomic E-state index is 12.7. The molecular weight excluding hydrogens is 396 g/mol. The van der Waals surface area contributed by atoms with Crippen LogP contribution in [0.5, 0.6) is 11.5 Å². The lowest BCUT2D eigenvalue weighted by atomic mass is 10.1. The molecule has 2 aliphatic rings. The lowest BCUT2D eigenvalue weighted by molar-refractivity contribution is -0.123. The van der Waals surface area contributed by atoms with Crippen molar-refractivity contribution in [3.8, 4) is 11.5 Å². The predicted molar refractivity (Wildman–Crippen MR) is 111 cm³/mol. The molecule has 2 aromatic carbocycles. The summed E-state index contributed by atoms with van der Waals surface area (Å²) in [5.74, 6) is -0.195. The highest BCUT2D eigenvalue weighted by Gasteiger charge is 2.34. The molecule has 140 valence electrons. The van der Waals surface area contributed by atoms with Gasteiger partial charge in [0.1, 0.15) is 18.1 Å². The fourth-order valence-corrected chi connectivity index (χ4v) is 3.96. The van der Waals surface area contributed by atoms with Crippen LogP contribution >= 0.6 is 24.0 Å². The average Bonchev–Trinajstić information content (AvgIpc) is 2.95. The van der Waals surface area contributed by atoms with Crippen molar-refractivity contribution >= 4 is 46.2 Å². The number of aromatic hydroxyl groups is 1. The first-order valence-electron chi connectivity index (χ1n) is 8.31. The first kappa shape index (κ1) is 18.3. The number of thiocarbonyl (C=S) groups is 1. The van der Waals surface area contributed by atoms with Crippen LogP contribution in [0.4, 0.5) is 0 Å².